The molecule has 1 aliphatic rings. The first-order valence-corrected chi connectivity index (χ1v) is 11.7. The van der Waals surface area contributed by atoms with E-state index in [2.05, 4.69) is 19.7 Å². The van der Waals surface area contributed by atoms with Crippen LogP contribution >= 0.6 is 12.1 Å². The van der Waals surface area contributed by atoms with Crippen LogP contribution in [0.1, 0.15) is 46.3 Å². The summed E-state index contributed by atoms with van der Waals surface area (Å²) < 4.78 is 65.2. The average molecular weight is 506 g/mol. The SMILES string of the molecule is Cc1ccc(Nc2c(C(N)=O)cc(Cc3ccnc(NSNC4CCC4)c3F)c(F)c2F)c(F)c1. The molecule has 4 rings (SSSR count). The first-order chi connectivity index (χ1) is 16.7. The molecule has 184 valence electrons. The number of nitrogens with one attached hydrogen (secondary N) is 3. The Bertz CT molecular complexity index is 1270. The van der Waals surface area contributed by atoms with Gasteiger partial charge in [0.1, 0.15) is 5.82 Å². The second-order valence-corrected chi connectivity index (χ2v) is 8.96. The van der Waals surface area contributed by atoms with Crippen LogP contribution in [-0.4, -0.2) is 16.9 Å². The maximum Gasteiger partial charge on any atom is 0.250 e. The van der Waals surface area contributed by atoms with E-state index in [0.29, 0.717) is 11.6 Å². The van der Waals surface area contributed by atoms with Gasteiger partial charge in [0.15, 0.2) is 23.3 Å². The maximum atomic E-state index is 15.0. The lowest BCUT2D eigenvalue weighted by Gasteiger charge is -2.25. The van der Waals surface area contributed by atoms with Crippen LogP contribution in [0.3, 0.4) is 0 Å². The molecule has 0 atom stereocenters. The topological polar surface area (TPSA) is 92.1 Å². The van der Waals surface area contributed by atoms with E-state index < -0.39 is 40.4 Å². The van der Waals surface area contributed by atoms with E-state index in [4.69, 9.17) is 5.73 Å². The van der Waals surface area contributed by atoms with Gasteiger partial charge in [-0.05, 0) is 60.7 Å². The fourth-order valence-corrected chi connectivity index (χ4v) is 4.26. The molecule has 0 aliphatic heterocycles. The smallest absolute Gasteiger partial charge is 0.250 e. The predicted molar refractivity (Wildman–Crippen MR) is 128 cm³/mol. The van der Waals surface area contributed by atoms with Gasteiger partial charge in [0, 0.05) is 30.8 Å². The summed E-state index contributed by atoms with van der Waals surface area (Å²) in [4.78, 5) is 16.0. The summed E-state index contributed by atoms with van der Waals surface area (Å²) in [6.07, 6.45) is 4.19. The van der Waals surface area contributed by atoms with Crippen molar-refractivity contribution in [1.29, 1.82) is 0 Å². The van der Waals surface area contributed by atoms with Crippen molar-refractivity contribution in [3.63, 3.8) is 0 Å². The largest absolute Gasteiger partial charge is 0.366 e. The number of anilines is 3. The monoisotopic (exact) mass is 505 g/mol. The lowest BCUT2D eigenvalue weighted by Crippen LogP contribution is -2.31. The molecule has 1 saturated carbocycles. The van der Waals surface area contributed by atoms with Crippen LogP contribution in [0.2, 0.25) is 0 Å². The van der Waals surface area contributed by atoms with Gasteiger partial charge in [-0.15, -0.1) is 0 Å². The summed E-state index contributed by atoms with van der Waals surface area (Å²) in [7, 11) is 0. The van der Waals surface area contributed by atoms with E-state index >= 15 is 4.39 Å². The van der Waals surface area contributed by atoms with Gasteiger partial charge in [0.2, 0.25) is 0 Å². The molecule has 11 heteroatoms. The van der Waals surface area contributed by atoms with Crippen molar-refractivity contribution in [2.45, 2.75) is 38.6 Å². The normalized spacial score (nSPS) is 13.4. The summed E-state index contributed by atoms with van der Waals surface area (Å²) in [6, 6.07) is 6.82. The van der Waals surface area contributed by atoms with Crippen LogP contribution in [0, 0.1) is 30.2 Å². The second kappa shape index (κ2) is 10.5. The highest BCUT2D eigenvalue weighted by atomic mass is 32.2. The Hall–Kier alpha value is -3.31. The van der Waals surface area contributed by atoms with Gasteiger partial charge in [-0.25, -0.2) is 27.3 Å². The molecule has 0 radical (unpaired) electrons. The molecule has 6 nitrogen and oxygen atoms in total. The summed E-state index contributed by atoms with van der Waals surface area (Å²) in [5, 5.41) is 2.42. The van der Waals surface area contributed by atoms with Crippen molar-refractivity contribution in [2.24, 2.45) is 5.73 Å². The summed E-state index contributed by atoms with van der Waals surface area (Å²) in [5.41, 5.74) is 4.61. The van der Waals surface area contributed by atoms with E-state index in [1.807, 2.05) is 0 Å². The molecule has 1 fully saturated rings. The van der Waals surface area contributed by atoms with Gasteiger partial charge in [-0.3, -0.25) is 9.52 Å². The van der Waals surface area contributed by atoms with E-state index in [1.165, 1.54) is 24.4 Å². The highest BCUT2D eigenvalue weighted by molar-refractivity contribution is 7.98. The maximum absolute atomic E-state index is 15.0. The third-order valence-corrected chi connectivity index (χ3v) is 6.51. The molecule has 1 aromatic heterocycles. The first kappa shape index (κ1) is 24.8. The quantitative estimate of drug-likeness (QED) is 0.227. The molecule has 3 aromatic rings. The molecular formula is C24H23F4N5OS. The highest BCUT2D eigenvalue weighted by Crippen LogP contribution is 2.32. The predicted octanol–water partition coefficient (Wildman–Crippen LogP) is 5.50. The minimum Gasteiger partial charge on any atom is -0.366 e. The van der Waals surface area contributed by atoms with E-state index in [0.717, 1.165) is 37.5 Å². The fraction of sp³-hybridized carbons (Fsp3) is 0.250. The Balaban J connectivity index is 1.61. The zero-order valence-corrected chi connectivity index (χ0v) is 19.5. The van der Waals surface area contributed by atoms with Crippen molar-refractivity contribution in [3.8, 4) is 0 Å². The number of primary amides is 1. The lowest BCUT2D eigenvalue weighted by molar-refractivity contribution is 0.100. The van der Waals surface area contributed by atoms with Crippen molar-refractivity contribution >= 4 is 35.2 Å². The first-order valence-electron chi connectivity index (χ1n) is 10.9. The van der Waals surface area contributed by atoms with Gasteiger partial charge >= 0.3 is 0 Å². The Morgan fingerprint density at radius 1 is 1.09 bits per heavy atom. The van der Waals surface area contributed by atoms with Crippen molar-refractivity contribution in [1.82, 2.24) is 9.71 Å². The molecule has 5 N–H and O–H groups in total. The summed E-state index contributed by atoms with van der Waals surface area (Å²) >= 11 is 1.10. The lowest BCUT2D eigenvalue weighted by atomic mass is 9.94. The minimum atomic E-state index is -1.43. The van der Waals surface area contributed by atoms with Gasteiger partial charge in [-0.1, -0.05) is 12.5 Å². The fourth-order valence-electron chi connectivity index (χ4n) is 3.56. The average Bonchev–Trinajstić information content (AvgIpc) is 2.78. The molecule has 0 saturated heterocycles. The Morgan fingerprint density at radius 2 is 1.86 bits per heavy atom. The molecule has 2 aromatic carbocycles. The summed E-state index contributed by atoms with van der Waals surface area (Å²) in [5.74, 6) is -5.31. The molecule has 1 aliphatic carbocycles. The van der Waals surface area contributed by atoms with Crippen LogP contribution in [0.5, 0.6) is 0 Å². The molecule has 0 unspecified atom stereocenters. The van der Waals surface area contributed by atoms with Crippen molar-refractivity contribution in [3.05, 3.63) is 82.1 Å². The van der Waals surface area contributed by atoms with Crippen LogP contribution in [-0.2, 0) is 6.42 Å². The Kier molecular flexibility index (Phi) is 7.46. The third kappa shape index (κ3) is 5.51. The minimum absolute atomic E-state index is 0.0331. The molecular weight excluding hydrogens is 482 g/mol. The van der Waals surface area contributed by atoms with Crippen LogP contribution in [0.4, 0.5) is 34.8 Å². The van der Waals surface area contributed by atoms with Crippen LogP contribution in [0.25, 0.3) is 0 Å². The van der Waals surface area contributed by atoms with Gasteiger partial charge in [0.25, 0.3) is 5.91 Å². The number of benzene rings is 2. The zero-order valence-electron chi connectivity index (χ0n) is 18.7. The van der Waals surface area contributed by atoms with E-state index in [-0.39, 0.29) is 29.1 Å². The third-order valence-electron chi connectivity index (χ3n) is 5.76. The number of hydrogen-bond acceptors (Lipinski definition) is 6. The number of aryl methyl sites for hydroxylation is 1. The number of rotatable bonds is 9. The zero-order chi connectivity index (χ0) is 25.1. The Labute approximate surface area is 204 Å². The number of aromatic nitrogens is 1. The second-order valence-electron chi connectivity index (χ2n) is 8.32. The number of carbonyl (C=O) groups excluding carboxylic acids is 1. The van der Waals surface area contributed by atoms with Gasteiger partial charge < -0.3 is 11.1 Å². The van der Waals surface area contributed by atoms with Crippen molar-refractivity contribution in [2.75, 3.05) is 10.0 Å². The van der Waals surface area contributed by atoms with Crippen molar-refractivity contribution < 1.29 is 22.4 Å². The van der Waals surface area contributed by atoms with Crippen LogP contribution in [0.15, 0.2) is 36.5 Å². The van der Waals surface area contributed by atoms with Crippen LogP contribution < -0.4 is 20.5 Å². The number of nitrogens with two attached hydrogens (primary N) is 1. The van der Waals surface area contributed by atoms with Gasteiger partial charge in [0.05, 0.1) is 16.9 Å². The Morgan fingerprint density at radius 3 is 2.51 bits per heavy atom. The number of pyridine rings is 1. The van der Waals surface area contributed by atoms with E-state index in [9.17, 15) is 18.0 Å². The molecule has 35 heavy (non-hydrogen) atoms. The van der Waals surface area contributed by atoms with E-state index in [1.54, 1.807) is 13.0 Å². The molecule has 0 spiro atoms. The standard InChI is InChI=1S/C24H23F4N5OS/c1-12-5-6-18(17(25)9-12)31-22-16(23(29)34)11-14(19(26)21(22)28)10-13-7-8-30-24(20(13)27)33-35-32-15-3-2-4-15/h5-9,11,15,31-32H,2-4,10H2,1H3,(H2,29,34)(H,30,33). The molecule has 1 heterocycles. The number of hydrogen-bond donors (Lipinski definition) is 4. The van der Waals surface area contributed by atoms with Gasteiger partial charge in [-0.2, -0.15) is 0 Å². The molecule has 0 bridgehead atoms. The summed E-state index contributed by atoms with van der Waals surface area (Å²) in [6.45, 7) is 1.67. The number of amides is 1. The highest BCUT2D eigenvalue weighted by Gasteiger charge is 2.24. The number of halogens is 4. The number of carbonyl (C=O) groups is 1. The number of nitrogens with zero attached hydrogens (tertiary/aromatic N) is 1. The molecule has 1 amide bonds.